The lowest BCUT2D eigenvalue weighted by atomic mass is 10.0. The lowest BCUT2D eigenvalue weighted by Gasteiger charge is -2.20. The van der Waals surface area contributed by atoms with Crippen LogP contribution in [0.15, 0.2) is 17.1 Å². The molecule has 1 N–H and O–H groups in total. The summed E-state index contributed by atoms with van der Waals surface area (Å²) in [5.41, 5.74) is -0.0945. The van der Waals surface area contributed by atoms with Gasteiger partial charge in [0, 0.05) is 18.3 Å². The molecule has 0 amide bonds. The van der Waals surface area contributed by atoms with Crippen LogP contribution in [-0.2, 0) is 11.3 Å². The van der Waals surface area contributed by atoms with E-state index in [1.54, 1.807) is 11.5 Å². The van der Waals surface area contributed by atoms with Gasteiger partial charge in [-0.05, 0) is 25.3 Å². The Labute approximate surface area is 150 Å². The molecule has 0 fully saturated rings. The minimum Gasteiger partial charge on any atom is -0.505 e. The Hall–Kier alpha value is -1.72. The van der Waals surface area contributed by atoms with Crippen molar-refractivity contribution in [3.05, 3.63) is 38.2 Å². The van der Waals surface area contributed by atoms with Crippen molar-refractivity contribution in [3.8, 4) is 16.9 Å². The zero-order valence-electron chi connectivity index (χ0n) is 13.7. The molecular formula is C17H19Cl2NO4. The van der Waals surface area contributed by atoms with Crippen LogP contribution in [0.1, 0.15) is 37.7 Å². The monoisotopic (exact) mass is 371 g/mol. The maximum absolute atomic E-state index is 12.3. The third-order valence-corrected chi connectivity index (χ3v) is 4.45. The zero-order chi connectivity index (χ0) is 18.0. The number of hydrogen-bond acceptors (Lipinski definition) is 4. The molecule has 1 aliphatic heterocycles. The number of fused-ring (bicyclic) bond motifs is 1. The van der Waals surface area contributed by atoms with Crippen LogP contribution >= 0.6 is 23.2 Å². The maximum Gasteiger partial charge on any atom is 0.358 e. The summed E-state index contributed by atoms with van der Waals surface area (Å²) in [6, 6.07) is 1.38. The number of carbonyl (C=O) groups is 1. The summed E-state index contributed by atoms with van der Waals surface area (Å²) in [5, 5.41) is 10.5. The van der Waals surface area contributed by atoms with E-state index >= 15 is 0 Å². The molecule has 1 aliphatic carbocycles. The van der Waals surface area contributed by atoms with Crippen LogP contribution in [0.3, 0.4) is 0 Å². The number of carbonyl (C=O) groups excluding carboxylic acids is 1. The van der Waals surface area contributed by atoms with Crippen LogP contribution in [0.5, 0.6) is 5.75 Å². The van der Waals surface area contributed by atoms with Crippen LogP contribution in [0, 0.1) is 5.92 Å². The van der Waals surface area contributed by atoms with E-state index in [0.29, 0.717) is 12.5 Å². The highest BCUT2D eigenvalue weighted by Gasteiger charge is 2.26. The van der Waals surface area contributed by atoms with Crippen molar-refractivity contribution in [2.45, 2.75) is 33.7 Å². The molecule has 0 spiro atoms. The van der Waals surface area contributed by atoms with Gasteiger partial charge in [0.15, 0.2) is 11.4 Å². The standard InChI is InChI=1S/C17H19Cl2NO4/c1-4-24-17(23)14-16(22)10-7-12(18)13(19)15(21)11(10)8-20(14)6-5-9(2)3/h7-9,22H,4-6H2,1-3H3. The van der Waals surface area contributed by atoms with Crippen molar-refractivity contribution in [1.82, 2.24) is 4.57 Å². The highest BCUT2D eigenvalue weighted by molar-refractivity contribution is 6.42. The fourth-order valence-electron chi connectivity index (χ4n) is 2.41. The van der Waals surface area contributed by atoms with Crippen molar-refractivity contribution >= 4 is 29.2 Å². The predicted molar refractivity (Wildman–Crippen MR) is 94.4 cm³/mol. The van der Waals surface area contributed by atoms with Gasteiger partial charge in [-0.2, -0.15) is 0 Å². The molecule has 0 atom stereocenters. The van der Waals surface area contributed by atoms with Gasteiger partial charge in [0.05, 0.1) is 17.2 Å². The molecule has 1 heterocycles. The summed E-state index contributed by atoms with van der Waals surface area (Å²) in [4.78, 5) is 24.6. The Bertz CT molecular complexity index is 798. The van der Waals surface area contributed by atoms with E-state index in [9.17, 15) is 14.7 Å². The number of aromatic hydroxyl groups is 1. The molecule has 2 aliphatic rings. The molecule has 0 aromatic heterocycles. The summed E-state index contributed by atoms with van der Waals surface area (Å²) >= 11 is 11.8. The maximum atomic E-state index is 12.3. The SMILES string of the molecule is CCOC(=O)c1c(O)c2cc(Cl)c(Cl)c(=O)c-2cn1CCC(C)C. The van der Waals surface area contributed by atoms with Crippen molar-refractivity contribution in [1.29, 1.82) is 0 Å². The number of aromatic nitrogens is 1. The zero-order valence-corrected chi connectivity index (χ0v) is 15.2. The smallest absolute Gasteiger partial charge is 0.358 e. The minimum absolute atomic E-state index is 0.00258. The summed E-state index contributed by atoms with van der Waals surface area (Å²) < 4.78 is 6.58. The Morgan fingerprint density at radius 2 is 2.00 bits per heavy atom. The Balaban J connectivity index is 2.76. The van der Waals surface area contributed by atoms with E-state index in [1.807, 2.05) is 13.8 Å². The van der Waals surface area contributed by atoms with Gasteiger partial charge < -0.3 is 14.4 Å². The quantitative estimate of drug-likeness (QED) is 0.800. The van der Waals surface area contributed by atoms with E-state index in [2.05, 4.69) is 0 Å². The topological polar surface area (TPSA) is 68.5 Å². The highest BCUT2D eigenvalue weighted by atomic mass is 35.5. The second-order valence-electron chi connectivity index (χ2n) is 5.89. The van der Waals surface area contributed by atoms with Gasteiger partial charge in [-0.3, -0.25) is 4.79 Å². The van der Waals surface area contributed by atoms with Gasteiger partial charge in [0.1, 0.15) is 5.02 Å². The molecule has 130 valence electrons. The van der Waals surface area contributed by atoms with Gasteiger partial charge in [-0.25, -0.2) is 4.79 Å². The molecule has 0 saturated heterocycles. The summed E-state index contributed by atoms with van der Waals surface area (Å²) in [6.45, 7) is 6.40. The third-order valence-electron chi connectivity index (χ3n) is 3.68. The second-order valence-corrected chi connectivity index (χ2v) is 6.67. The van der Waals surface area contributed by atoms with Crippen LogP contribution in [0.2, 0.25) is 10.0 Å². The molecule has 0 aromatic rings. The largest absolute Gasteiger partial charge is 0.505 e. The number of hydrogen-bond donors (Lipinski definition) is 1. The number of halogens is 2. The van der Waals surface area contributed by atoms with Crippen LogP contribution < -0.4 is 5.43 Å². The van der Waals surface area contributed by atoms with Crippen molar-refractivity contribution in [3.63, 3.8) is 0 Å². The van der Waals surface area contributed by atoms with Gasteiger partial charge in [0.25, 0.3) is 0 Å². The molecule has 0 unspecified atom stereocenters. The number of benzene rings is 1. The second kappa shape index (κ2) is 7.45. The van der Waals surface area contributed by atoms with Crippen molar-refractivity contribution in [2.24, 2.45) is 5.92 Å². The molecule has 0 saturated carbocycles. The molecule has 2 rings (SSSR count). The van der Waals surface area contributed by atoms with E-state index in [1.165, 1.54) is 12.3 Å². The first-order valence-corrected chi connectivity index (χ1v) is 8.44. The van der Waals surface area contributed by atoms with Crippen molar-refractivity contribution in [2.75, 3.05) is 6.61 Å². The van der Waals surface area contributed by atoms with Crippen LogP contribution in [0.25, 0.3) is 11.1 Å². The lowest BCUT2D eigenvalue weighted by Crippen LogP contribution is -2.19. The van der Waals surface area contributed by atoms with E-state index in [4.69, 9.17) is 27.9 Å². The molecule has 0 bridgehead atoms. The molecule has 0 radical (unpaired) electrons. The van der Waals surface area contributed by atoms with E-state index < -0.39 is 11.4 Å². The highest BCUT2D eigenvalue weighted by Crippen LogP contribution is 2.37. The summed E-state index contributed by atoms with van der Waals surface area (Å²) in [7, 11) is 0. The summed E-state index contributed by atoms with van der Waals surface area (Å²) in [6.07, 6.45) is 2.28. The first-order valence-electron chi connectivity index (χ1n) is 7.69. The van der Waals surface area contributed by atoms with E-state index in [-0.39, 0.29) is 39.2 Å². The Morgan fingerprint density at radius 1 is 1.33 bits per heavy atom. The average molecular weight is 372 g/mol. The molecular weight excluding hydrogens is 353 g/mol. The fraction of sp³-hybridized carbons (Fsp3) is 0.412. The molecule has 24 heavy (non-hydrogen) atoms. The number of ether oxygens (including phenoxy) is 1. The number of nitrogens with zero attached hydrogens (tertiary/aromatic N) is 1. The number of rotatable bonds is 5. The van der Waals surface area contributed by atoms with Gasteiger partial charge >= 0.3 is 5.97 Å². The van der Waals surface area contributed by atoms with E-state index in [0.717, 1.165) is 6.42 Å². The minimum atomic E-state index is -0.654. The fourth-order valence-corrected chi connectivity index (χ4v) is 2.76. The van der Waals surface area contributed by atoms with Crippen LogP contribution in [0.4, 0.5) is 0 Å². The number of aryl methyl sites for hydroxylation is 1. The van der Waals surface area contributed by atoms with Gasteiger partial charge in [-0.15, -0.1) is 0 Å². The normalized spacial score (nSPS) is 11.2. The lowest BCUT2D eigenvalue weighted by molar-refractivity contribution is 0.0508. The average Bonchev–Trinajstić information content (AvgIpc) is 2.52. The Morgan fingerprint density at radius 3 is 2.58 bits per heavy atom. The Kier molecular flexibility index (Phi) is 5.78. The number of pyridine rings is 1. The first kappa shape index (κ1) is 18.6. The van der Waals surface area contributed by atoms with Crippen molar-refractivity contribution < 1.29 is 14.6 Å². The van der Waals surface area contributed by atoms with Gasteiger partial charge in [-0.1, -0.05) is 37.0 Å². The van der Waals surface area contributed by atoms with Gasteiger partial charge in [0.2, 0.25) is 5.43 Å². The summed E-state index contributed by atoms with van der Waals surface area (Å²) in [5.74, 6) is -0.601. The third kappa shape index (κ3) is 3.52. The molecule has 7 heteroatoms. The number of esters is 1. The molecule has 5 nitrogen and oxygen atoms in total. The molecule has 0 aromatic carbocycles. The first-order chi connectivity index (χ1) is 11.3. The van der Waals surface area contributed by atoms with Crippen LogP contribution in [-0.4, -0.2) is 22.2 Å². The predicted octanol–water partition coefficient (Wildman–Crippen LogP) is 4.19.